The first-order valence-electron chi connectivity index (χ1n) is 6.75. The van der Waals surface area contributed by atoms with Crippen LogP contribution in [0.25, 0.3) is 0 Å². The lowest BCUT2D eigenvalue weighted by Crippen LogP contribution is -2.29. The fourth-order valence-corrected chi connectivity index (χ4v) is 2.50. The van der Waals surface area contributed by atoms with Gasteiger partial charge in [0.05, 0.1) is 0 Å². The molecular weight excluding hydrogens is 202 g/mol. The van der Waals surface area contributed by atoms with Crippen molar-refractivity contribution in [3.8, 4) is 0 Å². The number of thiol groups is 1. The Balaban J connectivity index is 1.53. The zero-order valence-electron chi connectivity index (χ0n) is 9.83. The molecule has 0 amide bonds. The molecule has 0 aromatic rings. The molecule has 15 heavy (non-hydrogen) atoms. The van der Waals surface area contributed by atoms with Crippen LogP contribution in [0.5, 0.6) is 0 Å². The van der Waals surface area contributed by atoms with Gasteiger partial charge in [0.25, 0.3) is 0 Å². The Morgan fingerprint density at radius 2 is 1.67 bits per heavy atom. The van der Waals surface area contributed by atoms with Crippen molar-refractivity contribution in [2.45, 2.75) is 57.4 Å². The summed E-state index contributed by atoms with van der Waals surface area (Å²) in [6.45, 7) is 2.78. The van der Waals surface area contributed by atoms with Crippen molar-refractivity contribution in [3.63, 3.8) is 0 Å². The Hall–Kier alpha value is 0.310. The van der Waals surface area contributed by atoms with Crippen molar-refractivity contribution in [2.75, 3.05) is 18.8 Å². The topological polar surface area (TPSA) is 3.24 Å². The molecule has 2 saturated carbocycles. The van der Waals surface area contributed by atoms with E-state index in [0.29, 0.717) is 0 Å². The third-order valence-corrected chi connectivity index (χ3v) is 3.92. The van der Waals surface area contributed by atoms with E-state index in [-0.39, 0.29) is 0 Å². The lowest BCUT2D eigenvalue weighted by atomic mass is 10.2. The van der Waals surface area contributed by atoms with E-state index in [1.54, 1.807) is 0 Å². The Morgan fingerprint density at radius 1 is 0.933 bits per heavy atom. The summed E-state index contributed by atoms with van der Waals surface area (Å²) in [5, 5.41) is 0. The summed E-state index contributed by atoms with van der Waals surface area (Å²) in [7, 11) is 0. The average molecular weight is 227 g/mol. The Kier molecular flexibility index (Phi) is 4.83. The maximum absolute atomic E-state index is 4.25. The van der Waals surface area contributed by atoms with E-state index in [2.05, 4.69) is 17.5 Å². The molecule has 2 fully saturated rings. The molecule has 0 saturated heterocycles. The smallest absolute Gasteiger partial charge is 0.00965 e. The van der Waals surface area contributed by atoms with Gasteiger partial charge in [-0.05, 0) is 56.7 Å². The zero-order chi connectivity index (χ0) is 10.5. The lowest BCUT2D eigenvalue weighted by Gasteiger charge is -2.21. The molecule has 1 nitrogen and oxygen atoms in total. The van der Waals surface area contributed by atoms with E-state index < -0.39 is 0 Å². The third-order valence-electron chi connectivity index (χ3n) is 3.61. The molecule has 2 rings (SSSR count). The van der Waals surface area contributed by atoms with Crippen molar-refractivity contribution >= 4 is 12.6 Å². The van der Waals surface area contributed by atoms with E-state index in [4.69, 9.17) is 0 Å². The van der Waals surface area contributed by atoms with Crippen LogP contribution in [0.15, 0.2) is 0 Å². The summed E-state index contributed by atoms with van der Waals surface area (Å²) in [4.78, 5) is 2.78. The van der Waals surface area contributed by atoms with Gasteiger partial charge in [0.2, 0.25) is 0 Å². The number of hydrogen-bond acceptors (Lipinski definition) is 2. The molecule has 2 heteroatoms. The van der Waals surface area contributed by atoms with Gasteiger partial charge in [-0.3, -0.25) is 0 Å². The third kappa shape index (κ3) is 4.78. The summed E-state index contributed by atoms with van der Waals surface area (Å²) in [5.41, 5.74) is 0. The van der Waals surface area contributed by atoms with Gasteiger partial charge in [0.1, 0.15) is 0 Å². The van der Waals surface area contributed by atoms with Crippen LogP contribution in [-0.2, 0) is 0 Å². The van der Waals surface area contributed by atoms with Crippen molar-refractivity contribution < 1.29 is 0 Å². The number of hydrogen-bond donors (Lipinski definition) is 1. The quantitative estimate of drug-likeness (QED) is 0.467. The standard InChI is InChI=1S/C13H25NS/c15-10-4-2-1-3-9-14(13-7-8-13)11-12-5-6-12/h12-13,15H,1-11H2. The summed E-state index contributed by atoms with van der Waals surface area (Å²) in [6, 6.07) is 0.982. The highest BCUT2D eigenvalue weighted by Gasteiger charge is 2.32. The van der Waals surface area contributed by atoms with Gasteiger partial charge in [-0.1, -0.05) is 12.8 Å². The molecule has 0 unspecified atom stereocenters. The van der Waals surface area contributed by atoms with E-state index in [9.17, 15) is 0 Å². The maximum Gasteiger partial charge on any atom is 0.00965 e. The van der Waals surface area contributed by atoms with E-state index in [0.717, 1.165) is 17.7 Å². The lowest BCUT2D eigenvalue weighted by molar-refractivity contribution is 0.247. The fourth-order valence-electron chi connectivity index (χ4n) is 2.27. The molecule has 0 aliphatic heterocycles. The molecule has 0 bridgehead atoms. The molecule has 0 N–H and O–H groups in total. The van der Waals surface area contributed by atoms with Gasteiger partial charge in [0.15, 0.2) is 0 Å². The van der Waals surface area contributed by atoms with Crippen LogP contribution in [-0.4, -0.2) is 29.8 Å². The average Bonchev–Trinajstić information content (AvgIpc) is 3.08. The minimum absolute atomic E-state index is 0.982. The SMILES string of the molecule is SCCCCCCN(CC1CC1)C1CC1. The zero-order valence-corrected chi connectivity index (χ0v) is 10.7. The fraction of sp³-hybridized carbons (Fsp3) is 1.00. The maximum atomic E-state index is 4.25. The molecule has 88 valence electrons. The first-order valence-corrected chi connectivity index (χ1v) is 7.38. The van der Waals surface area contributed by atoms with Crippen molar-refractivity contribution in [1.82, 2.24) is 4.90 Å². The number of rotatable bonds is 9. The Bertz CT molecular complexity index is 175. The monoisotopic (exact) mass is 227 g/mol. The van der Waals surface area contributed by atoms with Gasteiger partial charge in [-0.25, -0.2) is 0 Å². The van der Waals surface area contributed by atoms with Crippen LogP contribution < -0.4 is 0 Å². The largest absolute Gasteiger partial charge is 0.300 e. The second kappa shape index (κ2) is 6.15. The van der Waals surface area contributed by atoms with Crippen molar-refractivity contribution in [2.24, 2.45) is 5.92 Å². The number of nitrogens with zero attached hydrogens (tertiary/aromatic N) is 1. The van der Waals surface area contributed by atoms with Crippen LogP contribution in [0.3, 0.4) is 0 Å². The van der Waals surface area contributed by atoms with Gasteiger partial charge in [-0.2, -0.15) is 12.6 Å². The highest BCUT2D eigenvalue weighted by atomic mass is 32.1. The van der Waals surface area contributed by atoms with Gasteiger partial charge in [0, 0.05) is 12.6 Å². The van der Waals surface area contributed by atoms with Crippen LogP contribution in [0.2, 0.25) is 0 Å². The first-order chi connectivity index (χ1) is 7.40. The molecule has 0 atom stereocenters. The second-order valence-electron chi connectivity index (χ2n) is 5.31. The molecule has 2 aliphatic carbocycles. The van der Waals surface area contributed by atoms with Crippen molar-refractivity contribution in [1.29, 1.82) is 0 Å². The normalized spacial score (nSPS) is 21.2. The Morgan fingerprint density at radius 3 is 2.27 bits per heavy atom. The molecule has 0 aromatic heterocycles. The molecule has 2 aliphatic rings. The van der Waals surface area contributed by atoms with Gasteiger partial charge >= 0.3 is 0 Å². The van der Waals surface area contributed by atoms with Crippen molar-refractivity contribution in [3.05, 3.63) is 0 Å². The molecular formula is C13H25NS. The summed E-state index contributed by atoms with van der Waals surface area (Å²) >= 11 is 4.25. The molecule has 0 spiro atoms. The molecule has 0 aromatic carbocycles. The number of unbranched alkanes of at least 4 members (excludes halogenated alkanes) is 3. The predicted molar refractivity (Wildman–Crippen MR) is 69.6 cm³/mol. The minimum atomic E-state index is 0.982. The first kappa shape index (κ1) is 11.8. The summed E-state index contributed by atoms with van der Waals surface area (Å²) < 4.78 is 0. The molecule has 0 heterocycles. The van der Waals surface area contributed by atoms with E-state index in [1.165, 1.54) is 64.5 Å². The highest BCUT2D eigenvalue weighted by Crippen LogP contribution is 2.34. The van der Waals surface area contributed by atoms with E-state index in [1.807, 2.05) is 0 Å². The second-order valence-corrected chi connectivity index (χ2v) is 5.75. The van der Waals surface area contributed by atoms with Crippen LogP contribution in [0.4, 0.5) is 0 Å². The van der Waals surface area contributed by atoms with Crippen LogP contribution >= 0.6 is 12.6 Å². The summed E-state index contributed by atoms with van der Waals surface area (Å²) in [5.74, 6) is 2.14. The minimum Gasteiger partial charge on any atom is -0.300 e. The van der Waals surface area contributed by atoms with E-state index >= 15 is 0 Å². The summed E-state index contributed by atoms with van der Waals surface area (Å²) in [6.07, 6.45) is 11.5. The predicted octanol–water partition coefficient (Wildman–Crippen LogP) is 3.35. The Labute approximate surface area is 100 Å². The van der Waals surface area contributed by atoms with Crippen LogP contribution in [0, 0.1) is 5.92 Å². The molecule has 0 radical (unpaired) electrons. The van der Waals surface area contributed by atoms with Crippen LogP contribution in [0.1, 0.15) is 51.4 Å². The van der Waals surface area contributed by atoms with Gasteiger partial charge in [-0.15, -0.1) is 0 Å². The highest BCUT2D eigenvalue weighted by molar-refractivity contribution is 7.80. The van der Waals surface area contributed by atoms with Gasteiger partial charge < -0.3 is 4.90 Å².